The summed E-state index contributed by atoms with van der Waals surface area (Å²) < 4.78 is 5.60. The van der Waals surface area contributed by atoms with Gasteiger partial charge < -0.3 is 14.5 Å². The minimum absolute atomic E-state index is 0.763. The van der Waals surface area contributed by atoms with Crippen molar-refractivity contribution in [1.29, 1.82) is 0 Å². The van der Waals surface area contributed by atoms with Gasteiger partial charge in [-0.25, -0.2) is 0 Å². The van der Waals surface area contributed by atoms with Crippen LogP contribution >= 0.6 is 0 Å². The van der Waals surface area contributed by atoms with Crippen LogP contribution in [0.25, 0.3) is 6.08 Å². The number of rotatable bonds is 8. The van der Waals surface area contributed by atoms with E-state index in [0.717, 1.165) is 57.8 Å². The fourth-order valence-corrected chi connectivity index (χ4v) is 4.40. The van der Waals surface area contributed by atoms with Gasteiger partial charge in [0.25, 0.3) is 0 Å². The highest BCUT2D eigenvalue weighted by atomic mass is 16.5. The average Bonchev–Trinajstić information content (AvgIpc) is 3.27. The molecule has 2 aromatic rings. The lowest BCUT2D eigenvalue weighted by atomic mass is 10.1. The van der Waals surface area contributed by atoms with E-state index >= 15 is 0 Å². The van der Waals surface area contributed by atoms with Gasteiger partial charge in [0, 0.05) is 55.5 Å². The summed E-state index contributed by atoms with van der Waals surface area (Å²) in [6.45, 7) is 9.77. The number of pyridine rings is 1. The molecule has 6 nitrogen and oxygen atoms in total. The van der Waals surface area contributed by atoms with Crippen LogP contribution in [0.5, 0.6) is 0 Å². The largest absolute Gasteiger partial charge is 0.378 e. The van der Waals surface area contributed by atoms with Gasteiger partial charge in [0.2, 0.25) is 0 Å². The van der Waals surface area contributed by atoms with Crippen LogP contribution in [0.2, 0.25) is 0 Å². The number of aromatic nitrogens is 1. The summed E-state index contributed by atoms with van der Waals surface area (Å²) in [4.78, 5) is 8.92. The third kappa shape index (κ3) is 5.96. The molecule has 1 aromatic heterocycles. The van der Waals surface area contributed by atoms with E-state index in [2.05, 4.69) is 69.2 Å². The number of allylic oxidation sites excluding steroid dienone is 2. The Morgan fingerprint density at radius 2 is 1.73 bits per heavy atom. The van der Waals surface area contributed by atoms with Crippen molar-refractivity contribution in [3.8, 4) is 0 Å². The van der Waals surface area contributed by atoms with Crippen molar-refractivity contribution in [2.75, 3.05) is 44.3 Å². The van der Waals surface area contributed by atoms with Gasteiger partial charge in [-0.3, -0.25) is 4.98 Å². The van der Waals surface area contributed by atoms with Gasteiger partial charge in [0.1, 0.15) is 0 Å². The number of anilines is 1. The summed E-state index contributed by atoms with van der Waals surface area (Å²) in [5.74, 6) is 0. The second kappa shape index (κ2) is 11.6. The first-order chi connectivity index (χ1) is 16.3. The lowest BCUT2D eigenvalue weighted by Gasteiger charge is -2.31. The Morgan fingerprint density at radius 3 is 2.42 bits per heavy atom. The molecule has 1 saturated heterocycles. The monoisotopic (exact) mass is 443 g/mol. The van der Waals surface area contributed by atoms with Crippen molar-refractivity contribution in [2.24, 2.45) is 10.2 Å². The van der Waals surface area contributed by atoms with Crippen molar-refractivity contribution in [2.45, 2.75) is 26.7 Å². The number of hydrogen-bond acceptors (Lipinski definition) is 6. The van der Waals surface area contributed by atoms with Gasteiger partial charge >= 0.3 is 0 Å². The number of nitrogens with zero attached hydrogens (tertiary/aromatic N) is 5. The van der Waals surface area contributed by atoms with Crippen molar-refractivity contribution in [3.63, 3.8) is 0 Å². The molecule has 0 unspecified atom stereocenters. The second-order valence-electron chi connectivity index (χ2n) is 8.18. The van der Waals surface area contributed by atoms with Crippen LogP contribution in [0.1, 0.15) is 37.8 Å². The van der Waals surface area contributed by atoms with E-state index in [1.807, 2.05) is 18.3 Å². The van der Waals surface area contributed by atoms with Gasteiger partial charge in [-0.1, -0.05) is 18.2 Å². The third-order valence-corrected chi connectivity index (χ3v) is 6.13. The molecule has 0 radical (unpaired) electrons. The van der Waals surface area contributed by atoms with E-state index in [-0.39, 0.29) is 0 Å². The summed E-state index contributed by atoms with van der Waals surface area (Å²) >= 11 is 0. The van der Waals surface area contributed by atoms with Crippen molar-refractivity contribution >= 4 is 24.2 Å². The predicted molar refractivity (Wildman–Crippen MR) is 137 cm³/mol. The summed E-state index contributed by atoms with van der Waals surface area (Å²) in [6, 6.07) is 12.8. The Bertz CT molecular complexity index is 1010. The van der Waals surface area contributed by atoms with E-state index in [9.17, 15) is 0 Å². The van der Waals surface area contributed by atoms with Crippen LogP contribution in [0.3, 0.4) is 0 Å². The number of ether oxygens (including phenoxy) is 1. The standard InChI is InChI=1S/C27H33N5O/c1-3-31(4-2)26-11-7-22(8-12-26)18-24-9-10-25(27(24)32-14-16-33-17-15-32)21-30-29-20-23-6-5-13-28-19-23/h5-8,11-13,18-21H,3-4,9-10,14-17H2,1-2H3/b24-18+,29-20+,30-21+. The molecule has 0 amide bonds. The van der Waals surface area contributed by atoms with Gasteiger partial charge in [0.05, 0.1) is 25.6 Å². The third-order valence-electron chi connectivity index (χ3n) is 6.13. The lowest BCUT2D eigenvalue weighted by molar-refractivity contribution is 0.0548. The van der Waals surface area contributed by atoms with Crippen molar-refractivity contribution < 1.29 is 4.74 Å². The maximum absolute atomic E-state index is 5.60. The van der Waals surface area contributed by atoms with Gasteiger partial charge in [0.15, 0.2) is 0 Å². The average molecular weight is 444 g/mol. The van der Waals surface area contributed by atoms with E-state index in [1.165, 1.54) is 28.1 Å². The first kappa shape index (κ1) is 22.9. The highest BCUT2D eigenvalue weighted by molar-refractivity contribution is 5.85. The van der Waals surface area contributed by atoms with Crippen LogP contribution in [0, 0.1) is 0 Å². The van der Waals surface area contributed by atoms with E-state index < -0.39 is 0 Å². The molecule has 33 heavy (non-hydrogen) atoms. The zero-order chi connectivity index (χ0) is 22.9. The molecule has 2 heterocycles. The number of morpholine rings is 1. The van der Waals surface area contributed by atoms with Crippen LogP contribution in [-0.2, 0) is 4.74 Å². The lowest BCUT2D eigenvalue weighted by Crippen LogP contribution is -2.36. The number of benzene rings is 1. The van der Waals surface area contributed by atoms with Gasteiger partial charge in [-0.2, -0.15) is 10.2 Å². The Hall–Kier alpha value is -3.25. The topological polar surface area (TPSA) is 53.3 Å². The minimum atomic E-state index is 0.763. The second-order valence-corrected chi connectivity index (χ2v) is 8.18. The quantitative estimate of drug-likeness (QED) is 0.435. The van der Waals surface area contributed by atoms with Gasteiger partial charge in [-0.15, -0.1) is 0 Å². The molecule has 0 bridgehead atoms. The molecule has 1 aromatic carbocycles. The normalized spacial score (nSPS) is 18.2. The molecule has 1 aliphatic heterocycles. The molecule has 1 fully saturated rings. The Labute approximate surface area is 197 Å². The maximum atomic E-state index is 5.60. The Kier molecular flexibility index (Phi) is 8.04. The Balaban J connectivity index is 1.57. The maximum Gasteiger partial charge on any atom is 0.0642 e. The van der Waals surface area contributed by atoms with Crippen molar-refractivity contribution in [3.05, 3.63) is 76.8 Å². The summed E-state index contributed by atoms with van der Waals surface area (Å²) in [7, 11) is 0. The minimum Gasteiger partial charge on any atom is -0.378 e. The first-order valence-electron chi connectivity index (χ1n) is 11.9. The van der Waals surface area contributed by atoms with Crippen LogP contribution in [-0.4, -0.2) is 61.7 Å². The highest BCUT2D eigenvalue weighted by Crippen LogP contribution is 2.35. The molecule has 1 aliphatic carbocycles. The smallest absolute Gasteiger partial charge is 0.0642 e. The molecule has 0 N–H and O–H groups in total. The van der Waals surface area contributed by atoms with E-state index in [0.29, 0.717) is 0 Å². The molecule has 4 rings (SSSR count). The van der Waals surface area contributed by atoms with Gasteiger partial charge in [-0.05, 0) is 67.7 Å². The predicted octanol–water partition coefficient (Wildman–Crippen LogP) is 4.80. The summed E-state index contributed by atoms with van der Waals surface area (Å²) in [6.07, 6.45) is 11.5. The summed E-state index contributed by atoms with van der Waals surface area (Å²) in [5.41, 5.74) is 7.36. The van der Waals surface area contributed by atoms with Crippen LogP contribution in [0.15, 0.2) is 75.8 Å². The van der Waals surface area contributed by atoms with E-state index in [1.54, 1.807) is 18.6 Å². The first-order valence-corrected chi connectivity index (χ1v) is 11.9. The van der Waals surface area contributed by atoms with Crippen molar-refractivity contribution in [1.82, 2.24) is 9.88 Å². The Morgan fingerprint density at radius 1 is 0.970 bits per heavy atom. The zero-order valence-electron chi connectivity index (χ0n) is 19.7. The molecule has 6 heteroatoms. The molecular formula is C27H33N5O. The molecule has 172 valence electrons. The fourth-order valence-electron chi connectivity index (χ4n) is 4.40. The molecule has 0 atom stereocenters. The molecule has 0 spiro atoms. The van der Waals surface area contributed by atoms with Crippen LogP contribution < -0.4 is 4.90 Å². The molecular weight excluding hydrogens is 410 g/mol. The number of hydrogen-bond donors (Lipinski definition) is 0. The fraction of sp³-hybridized carbons (Fsp3) is 0.370. The molecule has 0 saturated carbocycles. The highest BCUT2D eigenvalue weighted by Gasteiger charge is 2.25. The SMILES string of the molecule is CCN(CC)c1ccc(/C=C2\CCC(/C=N/N=C/c3cccnc3)=C2N2CCOCC2)cc1. The zero-order valence-corrected chi connectivity index (χ0v) is 19.7. The van der Waals surface area contributed by atoms with Crippen LogP contribution in [0.4, 0.5) is 5.69 Å². The molecule has 2 aliphatic rings. The summed E-state index contributed by atoms with van der Waals surface area (Å²) in [5, 5.41) is 8.59. The van der Waals surface area contributed by atoms with E-state index in [4.69, 9.17) is 4.74 Å².